The number of halogens is 1. The maximum atomic E-state index is 10.4. The predicted molar refractivity (Wildman–Crippen MR) is 65.4 cm³/mol. The maximum Gasteiger partial charge on any atom is 0.329 e. The Morgan fingerprint density at radius 3 is 2.47 bits per heavy atom. The van der Waals surface area contributed by atoms with Crippen molar-refractivity contribution >= 4 is 34.1 Å². The monoisotopic (exact) mass is 313 g/mol. The van der Waals surface area contributed by atoms with Gasteiger partial charge in [0, 0.05) is 10.5 Å². The average molecular weight is 313 g/mol. The first-order chi connectivity index (χ1) is 7.17. The Morgan fingerprint density at radius 1 is 1.47 bits per heavy atom. The lowest BCUT2D eigenvalue weighted by molar-refractivity contribution is -0.131. The molecule has 0 bridgehead atoms. The third kappa shape index (κ3) is 3.36. The molecular formula is C11H8INO2. The van der Waals surface area contributed by atoms with Gasteiger partial charge in [0.05, 0.1) is 5.57 Å². The van der Waals surface area contributed by atoms with Gasteiger partial charge in [-0.25, -0.2) is 4.79 Å². The van der Waals surface area contributed by atoms with E-state index in [1.54, 1.807) is 12.1 Å². The molecule has 0 saturated heterocycles. The van der Waals surface area contributed by atoms with Crippen molar-refractivity contribution in [3.63, 3.8) is 0 Å². The summed E-state index contributed by atoms with van der Waals surface area (Å²) in [5.41, 5.74) is 1.95. The highest BCUT2D eigenvalue weighted by Gasteiger charge is 2.02. The summed E-state index contributed by atoms with van der Waals surface area (Å²) in [6.45, 7) is 0. The van der Waals surface area contributed by atoms with E-state index in [0.717, 1.165) is 16.1 Å². The molecule has 1 aromatic carbocycles. The van der Waals surface area contributed by atoms with E-state index in [1.165, 1.54) is 0 Å². The number of hydrogen-bond donors (Lipinski definition) is 1. The van der Waals surface area contributed by atoms with Crippen LogP contribution in [0.15, 0.2) is 30.3 Å². The number of allylic oxidation sites excluding steroid dienone is 1. The Labute approximate surface area is 101 Å². The molecule has 0 unspecified atom stereocenters. The Kier molecular flexibility index (Phi) is 4.31. The predicted octanol–water partition coefficient (Wildman–Crippen LogP) is 2.61. The number of carboxylic acids is 1. The SMILES string of the molecule is N#C/C(=C/C(=O)O)c1ccc(CI)cc1. The Morgan fingerprint density at radius 2 is 2.07 bits per heavy atom. The third-order valence-corrected chi connectivity index (χ3v) is 2.69. The number of nitriles is 1. The molecular weight excluding hydrogens is 305 g/mol. The summed E-state index contributed by atoms with van der Waals surface area (Å²) in [4.78, 5) is 10.4. The fourth-order valence-electron chi connectivity index (χ4n) is 1.08. The topological polar surface area (TPSA) is 61.1 Å². The molecule has 0 aliphatic carbocycles. The molecule has 0 saturated carbocycles. The van der Waals surface area contributed by atoms with Crippen LogP contribution in [0.1, 0.15) is 11.1 Å². The van der Waals surface area contributed by atoms with Gasteiger partial charge in [0.2, 0.25) is 0 Å². The molecule has 0 fully saturated rings. The molecule has 0 aliphatic rings. The summed E-state index contributed by atoms with van der Waals surface area (Å²) in [5, 5.41) is 17.3. The van der Waals surface area contributed by atoms with Crippen LogP contribution in [0.3, 0.4) is 0 Å². The van der Waals surface area contributed by atoms with Gasteiger partial charge in [-0.2, -0.15) is 5.26 Å². The average Bonchev–Trinajstić information content (AvgIpc) is 2.26. The van der Waals surface area contributed by atoms with E-state index in [4.69, 9.17) is 10.4 Å². The molecule has 0 aliphatic heterocycles. The minimum Gasteiger partial charge on any atom is -0.478 e. The van der Waals surface area contributed by atoms with Gasteiger partial charge in [0.25, 0.3) is 0 Å². The number of rotatable bonds is 3. The van der Waals surface area contributed by atoms with Crippen LogP contribution in [0, 0.1) is 11.3 Å². The zero-order valence-electron chi connectivity index (χ0n) is 7.77. The quantitative estimate of drug-likeness (QED) is 0.404. The highest BCUT2D eigenvalue weighted by molar-refractivity contribution is 14.1. The number of aliphatic carboxylic acids is 1. The second-order valence-corrected chi connectivity index (χ2v) is 3.60. The summed E-state index contributed by atoms with van der Waals surface area (Å²) in [6, 6.07) is 9.14. The lowest BCUT2D eigenvalue weighted by Gasteiger charge is -1.99. The zero-order chi connectivity index (χ0) is 11.3. The first-order valence-corrected chi connectivity index (χ1v) is 5.70. The van der Waals surface area contributed by atoms with Crippen LogP contribution in [-0.4, -0.2) is 11.1 Å². The molecule has 0 spiro atoms. The standard InChI is InChI=1S/C11H8INO2/c12-6-8-1-3-9(4-2-8)10(7-13)5-11(14)15/h1-5H,6H2,(H,14,15)/b10-5-. The van der Waals surface area contributed by atoms with Crippen LogP contribution < -0.4 is 0 Å². The summed E-state index contributed by atoms with van der Waals surface area (Å²) >= 11 is 2.24. The third-order valence-electron chi connectivity index (χ3n) is 1.81. The highest BCUT2D eigenvalue weighted by Crippen LogP contribution is 2.15. The Hall–Kier alpha value is -1.35. The van der Waals surface area contributed by atoms with Crippen LogP contribution in [0.2, 0.25) is 0 Å². The second-order valence-electron chi connectivity index (χ2n) is 2.84. The summed E-state index contributed by atoms with van der Waals surface area (Å²) in [7, 11) is 0. The van der Waals surface area contributed by atoms with Crippen molar-refractivity contribution in [1.82, 2.24) is 0 Å². The minimum atomic E-state index is -1.11. The van der Waals surface area contributed by atoms with Crippen LogP contribution in [-0.2, 0) is 9.22 Å². The number of carboxylic acid groups (broad SMARTS) is 1. The van der Waals surface area contributed by atoms with Crippen LogP contribution in [0.4, 0.5) is 0 Å². The van der Waals surface area contributed by atoms with Gasteiger partial charge in [0.15, 0.2) is 0 Å². The summed E-state index contributed by atoms with van der Waals surface area (Å²) in [6.07, 6.45) is 0.916. The summed E-state index contributed by atoms with van der Waals surface area (Å²) < 4.78 is 0.891. The van der Waals surface area contributed by atoms with Gasteiger partial charge in [-0.05, 0) is 11.1 Å². The molecule has 0 aromatic heterocycles. The van der Waals surface area contributed by atoms with Crippen LogP contribution in [0.25, 0.3) is 5.57 Å². The molecule has 0 radical (unpaired) electrons. The summed E-state index contributed by atoms with van der Waals surface area (Å²) in [5.74, 6) is -1.11. The molecule has 1 rings (SSSR count). The smallest absolute Gasteiger partial charge is 0.329 e. The van der Waals surface area contributed by atoms with E-state index in [0.29, 0.717) is 5.56 Å². The number of carbonyl (C=O) groups is 1. The zero-order valence-corrected chi connectivity index (χ0v) is 9.93. The van der Waals surface area contributed by atoms with E-state index in [-0.39, 0.29) is 5.57 Å². The van der Waals surface area contributed by atoms with Crippen molar-refractivity contribution in [2.24, 2.45) is 0 Å². The number of alkyl halides is 1. The highest BCUT2D eigenvalue weighted by atomic mass is 127. The molecule has 4 heteroatoms. The van der Waals surface area contributed by atoms with E-state index < -0.39 is 5.97 Å². The molecule has 0 amide bonds. The van der Waals surface area contributed by atoms with Crippen LogP contribution >= 0.6 is 22.6 Å². The van der Waals surface area contributed by atoms with Gasteiger partial charge < -0.3 is 5.11 Å². The van der Waals surface area contributed by atoms with E-state index in [2.05, 4.69) is 22.6 Å². The first-order valence-electron chi connectivity index (χ1n) is 4.17. The van der Waals surface area contributed by atoms with Gasteiger partial charge in [-0.3, -0.25) is 0 Å². The fraction of sp³-hybridized carbons (Fsp3) is 0.0909. The van der Waals surface area contributed by atoms with E-state index in [9.17, 15) is 4.79 Å². The molecule has 0 heterocycles. The molecule has 1 N–H and O–H groups in total. The van der Waals surface area contributed by atoms with Crippen molar-refractivity contribution in [2.75, 3.05) is 0 Å². The molecule has 1 aromatic rings. The van der Waals surface area contributed by atoms with E-state index in [1.807, 2.05) is 18.2 Å². The van der Waals surface area contributed by atoms with Gasteiger partial charge in [-0.1, -0.05) is 46.9 Å². The number of nitrogens with zero attached hydrogens (tertiary/aromatic N) is 1. The molecule has 0 atom stereocenters. The minimum absolute atomic E-state index is 0.169. The Bertz CT molecular complexity index is 429. The maximum absolute atomic E-state index is 10.4. The van der Waals surface area contributed by atoms with Crippen molar-refractivity contribution in [3.05, 3.63) is 41.5 Å². The number of hydrogen-bond acceptors (Lipinski definition) is 2. The number of benzene rings is 1. The Balaban J connectivity index is 3.05. The normalized spacial score (nSPS) is 10.8. The second kappa shape index (κ2) is 5.51. The molecule has 76 valence electrons. The van der Waals surface area contributed by atoms with E-state index >= 15 is 0 Å². The lowest BCUT2D eigenvalue weighted by Crippen LogP contribution is -1.91. The lowest BCUT2D eigenvalue weighted by atomic mass is 10.1. The van der Waals surface area contributed by atoms with Gasteiger partial charge in [-0.15, -0.1) is 0 Å². The van der Waals surface area contributed by atoms with Crippen molar-refractivity contribution in [2.45, 2.75) is 4.43 Å². The first kappa shape index (κ1) is 11.7. The van der Waals surface area contributed by atoms with Crippen molar-refractivity contribution in [1.29, 1.82) is 5.26 Å². The van der Waals surface area contributed by atoms with Crippen molar-refractivity contribution < 1.29 is 9.90 Å². The molecule has 3 nitrogen and oxygen atoms in total. The van der Waals surface area contributed by atoms with Gasteiger partial charge >= 0.3 is 5.97 Å². The van der Waals surface area contributed by atoms with Gasteiger partial charge in [0.1, 0.15) is 6.07 Å². The van der Waals surface area contributed by atoms with Crippen LogP contribution in [0.5, 0.6) is 0 Å². The van der Waals surface area contributed by atoms with Crippen molar-refractivity contribution in [3.8, 4) is 6.07 Å². The fourth-order valence-corrected chi connectivity index (χ4v) is 1.59. The largest absolute Gasteiger partial charge is 0.478 e. The molecule has 15 heavy (non-hydrogen) atoms.